The maximum atomic E-state index is 12.9. The molecule has 1 aromatic rings. The van der Waals surface area contributed by atoms with Gasteiger partial charge < -0.3 is 5.11 Å². The van der Waals surface area contributed by atoms with Crippen molar-refractivity contribution in [2.24, 2.45) is 0 Å². The molecule has 0 spiro atoms. The lowest BCUT2D eigenvalue weighted by molar-refractivity contribution is 0.0204. The van der Waals surface area contributed by atoms with Crippen molar-refractivity contribution in [1.29, 1.82) is 0 Å². The third-order valence-electron chi connectivity index (χ3n) is 2.18. The minimum atomic E-state index is -2.75. The quantitative estimate of drug-likeness (QED) is 0.819. The third kappa shape index (κ3) is 3.59. The summed E-state index contributed by atoms with van der Waals surface area (Å²) >= 11 is 0. The molecule has 0 amide bonds. The van der Waals surface area contributed by atoms with E-state index in [1.54, 1.807) is 38.1 Å². The Morgan fingerprint density at radius 3 is 2.13 bits per heavy atom. The summed E-state index contributed by atoms with van der Waals surface area (Å²) in [7, 11) is 0. The summed E-state index contributed by atoms with van der Waals surface area (Å²) in [6, 6.07) is 6.76. The van der Waals surface area contributed by atoms with Crippen LogP contribution >= 0.6 is 0 Å². The molecular formula is C12H16F2O. The van der Waals surface area contributed by atoms with E-state index in [0.717, 1.165) is 6.92 Å². The van der Waals surface area contributed by atoms with Crippen molar-refractivity contribution in [2.75, 3.05) is 0 Å². The normalized spacial score (nSPS) is 12.9. The smallest absolute Gasteiger partial charge is 0.249 e. The van der Waals surface area contributed by atoms with Crippen molar-refractivity contribution in [1.82, 2.24) is 0 Å². The number of hydrogen-bond acceptors (Lipinski definition) is 1. The third-order valence-corrected chi connectivity index (χ3v) is 2.18. The fourth-order valence-corrected chi connectivity index (χ4v) is 1.61. The molecular weight excluding hydrogens is 198 g/mol. The van der Waals surface area contributed by atoms with Crippen LogP contribution in [0.5, 0.6) is 0 Å². The van der Waals surface area contributed by atoms with E-state index in [9.17, 15) is 13.9 Å². The Bertz CT molecular complexity index is 334. The maximum absolute atomic E-state index is 12.9. The standard InChI is InChI=1S/C12H16F2O/c1-11(2,15)10-7-5-4-6-9(10)8-12(3,13)14/h4-7,15H,8H2,1-3H3. The molecule has 0 aliphatic heterocycles. The first-order valence-electron chi connectivity index (χ1n) is 4.89. The van der Waals surface area contributed by atoms with Gasteiger partial charge in [-0.3, -0.25) is 0 Å². The molecule has 1 nitrogen and oxygen atoms in total. The summed E-state index contributed by atoms with van der Waals surface area (Å²) in [5.74, 6) is -2.75. The summed E-state index contributed by atoms with van der Waals surface area (Å²) in [6.45, 7) is 4.08. The molecule has 0 radical (unpaired) electrons. The van der Waals surface area contributed by atoms with E-state index < -0.39 is 11.5 Å². The second-order valence-corrected chi connectivity index (χ2v) is 4.46. The Hall–Kier alpha value is -0.960. The summed E-state index contributed by atoms with van der Waals surface area (Å²) < 4.78 is 25.8. The van der Waals surface area contributed by atoms with Gasteiger partial charge >= 0.3 is 0 Å². The van der Waals surface area contributed by atoms with Gasteiger partial charge in [0.2, 0.25) is 5.92 Å². The van der Waals surface area contributed by atoms with Gasteiger partial charge in [-0.05, 0) is 31.9 Å². The number of alkyl halides is 2. The van der Waals surface area contributed by atoms with E-state index in [1.807, 2.05) is 0 Å². The van der Waals surface area contributed by atoms with Gasteiger partial charge in [0, 0.05) is 6.42 Å². The predicted molar refractivity (Wildman–Crippen MR) is 56.0 cm³/mol. The van der Waals surface area contributed by atoms with Crippen LogP contribution in [0.4, 0.5) is 8.78 Å². The average Bonchev–Trinajstić information content (AvgIpc) is 1.99. The van der Waals surface area contributed by atoms with Crippen LogP contribution in [0.25, 0.3) is 0 Å². The van der Waals surface area contributed by atoms with Crippen LogP contribution in [0.3, 0.4) is 0 Å². The van der Waals surface area contributed by atoms with Crippen molar-refractivity contribution in [3.8, 4) is 0 Å². The highest BCUT2D eigenvalue weighted by Crippen LogP contribution is 2.28. The van der Waals surface area contributed by atoms with E-state index >= 15 is 0 Å². The zero-order chi connectivity index (χ0) is 11.7. The van der Waals surface area contributed by atoms with Crippen LogP contribution in [-0.4, -0.2) is 11.0 Å². The molecule has 84 valence electrons. The van der Waals surface area contributed by atoms with E-state index in [2.05, 4.69) is 0 Å². The highest BCUT2D eigenvalue weighted by Gasteiger charge is 2.26. The molecule has 0 unspecified atom stereocenters. The Morgan fingerprint density at radius 2 is 1.67 bits per heavy atom. The Labute approximate surface area is 88.7 Å². The lowest BCUT2D eigenvalue weighted by Gasteiger charge is -2.23. The molecule has 1 aromatic carbocycles. The van der Waals surface area contributed by atoms with Crippen LogP contribution < -0.4 is 0 Å². The zero-order valence-corrected chi connectivity index (χ0v) is 9.22. The Balaban J connectivity index is 3.08. The fraction of sp³-hybridized carbons (Fsp3) is 0.500. The minimum absolute atomic E-state index is 0.340. The number of benzene rings is 1. The number of aliphatic hydroxyl groups is 1. The summed E-state index contributed by atoms with van der Waals surface area (Å²) in [6.07, 6.45) is -0.340. The molecule has 0 heterocycles. The van der Waals surface area contributed by atoms with E-state index in [0.29, 0.717) is 11.1 Å². The van der Waals surface area contributed by atoms with E-state index in [4.69, 9.17) is 0 Å². The van der Waals surface area contributed by atoms with Crippen molar-refractivity contribution < 1.29 is 13.9 Å². The van der Waals surface area contributed by atoms with Crippen LogP contribution in [0, 0.1) is 0 Å². The van der Waals surface area contributed by atoms with Crippen LogP contribution in [0.2, 0.25) is 0 Å². The molecule has 0 saturated heterocycles. The topological polar surface area (TPSA) is 20.2 Å². The molecule has 0 atom stereocenters. The van der Waals surface area contributed by atoms with Crippen molar-refractivity contribution >= 4 is 0 Å². The molecule has 0 aromatic heterocycles. The maximum Gasteiger partial charge on any atom is 0.249 e. The van der Waals surface area contributed by atoms with Crippen molar-refractivity contribution in [3.05, 3.63) is 35.4 Å². The van der Waals surface area contributed by atoms with E-state index in [1.165, 1.54) is 0 Å². The molecule has 1 rings (SSSR count). The largest absolute Gasteiger partial charge is 0.386 e. The summed E-state index contributed by atoms with van der Waals surface area (Å²) in [4.78, 5) is 0. The van der Waals surface area contributed by atoms with Crippen LogP contribution in [0.15, 0.2) is 24.3 Å². The van der Waals surface area contributed by atoms with Gasteiger partial charge in [-0.2, -0.15) is 0 Å². The highest BCUT2D eigenvalue weighted by molar-refractivity contribution is 5.32. The Morgan fingerprint density at radius 1 is 1.13 bits per heavy atom. The lowest BCUT2D eigenvalue weighted by atomic mass is 9.90. The Kier molecular flexibility index (Phi) is 3.14. The minimum Gasteiger partial charge on any atom is -0.386 e. The van der Waals surface area contributed by atoms with E-state index in [-0.39, 0.29) is 6.42 Å². The van der Waals surface area contributed by atoms with Gasteiger partial charge in [0.25, 0.3) is 0 Å². The first-order valence-corrected chi connectivity index (χ1v) is 4.89. The fourth-order valence-electron chi connectivity index (χ4n) is 1.61. The number of rotatable bonds is 3. The second kappa shape index (κ2) is 3.89. The molecule has 0 bridgehead atoms. The number of hydrogen-bond donors (Lipinski definition) is 1. The van der Waals surface area contributed by atoms with Crippen molar-refractivity contribution in [2.45, 2.75) is 38.7 Å². The van der Waals surface area contributed by atoms with Gasteiger partial charge in [0.15, 0.2) is 0 Å². The first kappa shape index (κ1) is 12.1. The molecule has 15 heavy (non-hydrogen) atoms. The van der Waals surface area contributed by atoms with Gasteiger partial charge in [-0.25, -0.2) is 8.78 Å². The summed E-state index contributed by atoms with van der Waals surface area (Å²) in [5, 5.41) is 9.82. The SMILES string of the molecule is CC(F)(F)Cc1ccccc1C(C)(C)O. The molecule has 0 aliphatic carbocycles. The molecule has 3 heteroatoms. The molecule has 0 fully saturated rings. The van der Waals surface area contributed by atoms with Gasteiger partial charge in [0.1, 0.15) is 0 Å². The second-order valence-electron chi connectivity index (χ2n) is 4.46. The van der Waals surface area contributed by atoms with Gasteiger partial charge in [-0.1, -0.05) is 24.3 Å². The monoisotopic (exact) mass is 214 g/mol. The lowest BCUT2D eigenvalue weighted by Crippen LogP contribution is -2.22. The number of halogens is 2. The zero-order valence-electron chi connectivity index (χ0n) is 9.22. The van der Waals surface area contributed by atoms with Crippen LogP contribution in [-0.2, 0) is 12.0 Å². The highest BCUT2D eigenvalue weighted by atomic mass is 19.3. The van der Waals surface area contributed by atoms with Gasteiger partial charge in [-0.15, -0.1) is 0 Å². The molecule has 0 saturated carbocycles. The molecule has 1 N–H and O–H groups in total. The predicted octanol–water partition coefficient (Wildman–Crippen LogP) is 3.11. The van der Waals surface area contributed by atoms with Crippen LogP contribution in [0.1, 0.15) is 31.9 Å². The summed E-state index contributed by atoms with van der Waals surface area (Å²) in [5.41, 5.74) is -0.0222. The average molecular weight is 214 g/mol. The molecule has 0 aliphatic rings. The van der Waals surface area contributed by atoms with Gasteiger partial charge in [0.05, 0.1) is 5.60 Å². The van der Waals surface area contributed by atoms with Crippen molar-refractivity contribution in [3.63, 3.8) is 0 Å². The first-order chi connectivity index (χ1) is 6.70.